The molecule has 20 heavy (non-hydrogen) atoms. The summed E-state index contributed by atoms with van der Waals surface area (Å²) in [6.45, 7) is 11.4. The van der Waals surface area contributed by atoms with Crippen LogP contribution < -0.4 is 10.5 Å². The van der Waals surface area contributed by atoms with Gasteiger partial charge in [-0.3, -0.25) is 0 Å². The van der Waals surface area contributed by atoms with E-state index in [0.717, 1.165) is 17.5 Å². The summed E-state index contributed by atoms with van der Waals surface area (Å²) in [6.07, 6.45) is 0.928. The minimum atomic E-state index is -3.55. The summed E-state index contributed by atoms with van der Waals surface area (Å²) in [5.41, 5.74) is 8.80. The molecule has 0 saturated heterocycles. The molecule has 0 saturated carbocycles. The van der Waals surface area contributed by atoms with E-state index in [4.69, 9.17) is 5.73 Å². The van der Waals surface area contributed by atoms with Gasteiger partial charge in [0, 0.05) is 11.7 Å². The summed E-state index contributed by atoms with van der Waals surface area (Å²) < 4.78 is 28.0. The summed E-state index contributed by atoms with van der Waals surface area (Å²) in [5.74, 6) is 0.285. The molecule has 1 aromatic rings. The van der Waals surface area contributed by atoms with Gasteiger partial charge in [0.2, 0.25) is 10.0 Å². The van der Waals surface area contributed by atoms with E-state index < -0.39 is 10.0 Å². The van der Waals surface area contributed by atoms with Crippen molar-refractivity contribution >= 4 is 15.7 Å². The second-order valence-corrected chi connectivity index (χ2v) is 7.32. The van der Waals surface area contributed by atoms with Crippen LogP contribution in [-0.4, -0.2) is 14.5 Å². The van der Waals surface area contributed by atoms with Gasteiger partial charge in [-0.1, -0.05) is 26.3 Å². The van der Waals surface area contributed by atoms with Gasteiger partial charge in [-0.2, -0.15) is 0 Å². The van der Waals surface area contributed by atoms with E-state index in [1.807, 2.05) is 33.8 Å². The standard InChI is InChI=1S/C15H26N2O2S/c1-7-9(2)13(6)17-20(18,19)15-11(4)8-10(3)14(16)12(15)5/h8-9,13,17H,7,16H2,1-6H3. The predicted molar refractivity (Wildman–Crippen MR) is 84.3 cm³/mol. The third-order valence-electron chi connectivity index (χ3n) is 4.07. The molecule has 2 atom stereocenters. The van der Waals surface area contributed by atoms with E-state index in [1.165, 1.54) is 0 Å². The molecule has 5 heteroatoms. The lowest BCUT2D eigenvalue weighted by Gasteiger charge is -2.22. The summed E-state index contributed by atoms with van der Waals surface area (Å²) in [6, 6.07) is 1.72. The molecule has 0 fully saturated rings. The second-order valence-electron chi connectivity index (χ2n) is 5.67. The molecule has 1 aromatic carbocycles. The Balaban J connectivity index is 3.27. The van der Waals surface area contributed by atoms with Gasteiger partial charge >= 0.3 is 0 Å². The van der Waals surface area contributed by atoms with Crippen LogP contribution in [0.15, 0.2) is 11.0 Å². The Kier molecular flexibility index (Phi) is 5.21. The van der Waals surface area contributed by atoms with E-state index in [-0.39, 0.29) is 12.0 Å². The molecule has 0 spiro atoms. The third-order valence-corrected chi connectivity index (χ3v) is 5.92. The molecular formula is C15H26N2O2S. The lowest BCUT2D eigenvalue weighted by Crippen LogP contribution is -2.37. The molecule has 0 heterocycles. The number of anilines is 1. The van der Waals surface area contributed by atoms with Crippen LogP contribution in [0.25, 0.3) is 0 Å². The van der Waals surface area contributed by atoms with Crippen LogP contribution in [0.4, 0.5) is 5.69 Å². The summed E-state index contributed by atoms with van der Waals surface area (Å²) in [5, 5.41) is 0. The lowest BCUT2D eigenvalue weighted by molar-refractivity contribution is 0.434. The van der Waals surface area contributed by atoms with Crippen LogP contribution >= 0.6 is 0 Å². The number of benzene rings is 1. The zero-order valence-electron chi connectivity index (χ0n) is 13.2. The fourth-order valence-electron chi connectivity index (χ4n) is 2.37. The quantitative estimate of drug-likeness (QED) is 0.821. The Morgan fingerprint density at radius 3 is 2.25 bits per heavy atom. The Labute approximate surface area is 122 Å². The fourth-order valence-corrected chi connectivity index (χ4v) is 4.20. The van der Waals surface area contributed by atoms with E-state index in [9.17, 15) is 8.42 Å². The minimum absolute atomic E-state index is 0.105. The van der Waals surface area contributed by atoms with Crippen LogP contribution in [-0.2, 0) is 10.0 Å². The van der Waals surface area contributed by atoms with Gasteiger partial charge in [0.05, 0.1) is 4.90 Å². The largest absolute Gasteiger partial charge is 0.398 e. The van der Waals surface area contributed by atoms with Gasteiger partial charge in [-0.25, -0.2) is 13.1 Å². The average Bonchev–Trinajstić information content (AvgIpc) is 2.33. The first-order chi connectivity index (χ1) is 9.11. The van der Waals surface area contributed by atoms with Crippen LogP contribution in [0.5, 0.6) is 0 Å². The Hall–Kier alpha value is -1.07. The average molecular weight is 298 g/mol. The highest BCUT2D eigenvalue weighted by Gasteiger charge is 2.25. The maximum Gasteiger partial charge on any atom is 0.241 e. The monoisotopic (exact) mass is 298 g/mol. The smallest absolute Gasteiger partial charge is 0.241 e. The van der Waals surface area contributed by atoms with Crippen molar-refractivity contribution in [2.75, 3.05) is 5.73 Å². The summed E-state index contributed by atoms with van der Waals surface area (Å²) in [7, 11) is -3.55. The molecule has 1 rings (SSSR count). The van der Waals surface area contributed by atoms with Crippen molar-refractivity contribution in [2.24, 2.45) is 5.92 Å². The van der Waals surface area contributed by atoms with Gasteiger partial charge in [-0.15, -0.1) is 0 Å². The second kappa shape index (κ2) is 6.14. The van der Waals surface area contributed by atoms with Crippen LogP contribution in [0, 0.1) is 26.7 Å². The number of nitrogens with one attached hydrogen (secondary N) is 1. The Morgan fingerprint density at radius 2 is 1.75 bits per heavy atom. The molecule has 0 amide bonds. The molecule has 0 aromatic heterocycles. The highest BCUT2D eigenvalue weighted by atomic mass is 32.2. The van der Waals surface area contributed by atoms with E-state index in [2.05, 4.69) is 11.6 Å². The first-order valence-electron chi connectivity index (χ1n) is 7.00. The number of hydrogen-bond donors (Lipinski definition) is 2. The van der Waals surface area contributed by atoms with E-state index >= 15 is 0 Å². The minimum Gasteiger partial charge on any atom is -0.398 e. The SMILES string of the molecule is CCC(C)C(C)NS(=O)(=O)c1c(C)cc(C)c(N)c1C. The molecule has 0 radical (unpaired) electrons. The fraction of sp³-hybridized carbons (Fsp3) is 0.600. The third kappa shape index (κ3) is 3.33. The van der Waals surface area contributed by atoms with Gasteiger partial charge in [0.1, 0.15) is 0 Å². The molecule has 0 aliphatic heterocycles. The number of rotatable bonds is 5. The number of hydrogen-bond acceptors (Lipinski definition) is 3. The molecule has 0 bridgehead atoms. The van der Waals surface area contributed by atoms with Crippen LogP contribution in [0.1, 0.15) is 43.9 Å². The molecule has 114 valence electrons. The maximum absolute atomic E-state index is 12.6. The first-order valence-corrected chi connectivity index (χ1v) is 8.48. The van der Waals surface area contributed by atoms with Crippen molar-refractivity contribution in [2.45, 2.75) is 58.9 Å². The molecular weight excluding hydrogens is 272 g/mol. The van der Waals surface area contributed by atoms with Crippen molar-refractivity contribution in [1.29, 1.82) is 0 Å². The van der Waals surface area contributed by atoms with Crippen LogP contribution in [0.2, 0.25) is 0 Å². The zero-order chi connectivity index (χ0) is 15.7. The van der Waals surface area contributed by atoms with E-state index in [0.29, 0.717) is 16.1 Å². The van der Waals surface area contributed by atoms with Crippen molar-refractivity contribution in [3.63, 3.8) is 0 Å². The molecule has 4 nitrogen and oxygen atoms in total. The van der Waals surface area contributed by atoms with Crippen molar-refractivity contribution in [1.82, 2.24) is 4.72 Å². The zero-order valence-corrected chi connectivity index (χ0v) is 14.1. The number of nitrogens with two attached hydrogens (primary N) is 1. The van der Waals surface area contributed by atoms with Crippen molar-refractivity contribution in [3.05, 3.63) is 22.8 Å². The van der Waals surface area contributed by atoms with Gasteiger partial charge in [0.15, 0.2) is 0 Å². The first kappa shape index (κ1) is 17.0. The number of nitrogen functional groups attached to an aromatic ring is 1. The van der Waals surface area contributed by atoms with Gasteiger partial charge in [-0.05, 0) is 50.3 Å². The molecule has 3 N–H and O–H groups in total. The lowest BCUT2D eigenvalue weighted by atomic mass is 10.0. The molecule has 0 aliphatic rings. The van der Waals surface area contributed by atoms with Crippen LogP contribution in [0.3, 0.4) is 0 Å². The number of sulfonamides is 1. The summed E-state index contributed by atoms with van der Waals surface area (Å²) in [4.78, 5) is 0.316. The highest BCUT2D eigenvalue weighted by Crippen LogP contribution is 2.28. The van der Waals surface area contributed by atoms with Gasteiger partial charge in [0.25, 0.3) is 0 Å². The maximum atomic E-state index is 12.6. The van der Waals surface area contributed by atoms with Gasteiger partial charge < -0.3 is 5.73 Å². The Morgan fingerprint density at radius 1 is 1.20 bits per heavy atom. The predicted octanol–water partition coefficient (Wildman–Crippen LogP) is 2.91. The summed E-state index contributed by atoms with van der Waals surface area (Å²) >= 11 is 0. The van der Waals surface area contributed by atoms with E-state index in [1.54, 1.807) is 6.92 Å². The topological polar surface area (TPSA) is 72.2 Å². The highest BCUT2D eigenvalue weighted by molar-refractivity contribution is 7.89. The van der Waals surface area contributed by atoms with Crippen molar-refractivity contribution < 1.29 is 8.42 Å². The van der Waals surface area contributed by atoms with Crippen molar-refractivity contribution in [3.8, 4) is 0 Å². The number of aryl methyl sites for hydroxylation is 2. The normalized spacial score (nSPS) is 15.1. The molecule has 2 unspecified atom stereocenters. The molecule has 0 aliphatic carbocycles. The Bertz CT molecular complexity index is 594.